The first-order chi connectivity index (χ1) is 7.77. The molecule has 0 spiro atoms. The van der Waals surface area contributed by atoms with E-state index in [4.69, 9.17) is 15.2 Å². The minimum Gasteiger partial charge on any atom is -0.385 e. The predicted molar refractivity (Wildman–Crippen MR) is 65.4 cm³/mol. The van der Waals surface area contributed by atoms with E-state index in [-0.39, 0.29) is 6.10 Å². The molecular weight excluding hydrogens is 202 g/mol. The van der Waals surface area contributed by atoms with Gasteiger partial charge in [-0.1, -0.05) is 29.8 Å². The van der Waals surface area contributed by atoms with Crippen molar-refractivity contribution in [2.45, 2.75) is 19.4 Å². The molecule has 2 N–H and O–H groups in total. The minimum atomic E-state index is -0.00300. The van der Waals surface area contributed by atoms with E-state index in [1.807, 2.05) is 6.07 Å². The molecular formula is C13H21NO2. The average Bonchev–Trinajstić information content (AvgIpc) is 2.29. The quantitative estimate of drug-likeness (QED) is 0.719. The zero-order valence-electron chi connectivity index (χ0n) is 10.1. The molecule has 0 aliphatic carbocycles. The van der Waals surface area contributed by atoms with Gasteiger partial charge >= 0.3 is 0 Å². The van der Waals surface area contributed by atoms with Gasteiger partial charge in [-0.15, -0.1) is 0 Å². The molecule has 0 radical (unpaired) electrons. The number of aryl methyl sites for hydroxylation is 1. The molecule has 1 aromatic carbocycles. The Hall–Kier alpha value is -0.900. The van der Waals surface area contributed by atoms with E-state index in [1.54, 1.807) is 7.11 Å². The summed E-state index contributed by atoms with van der Waals surface area (Å²) in [6.07, 6.45) is 0.899. The number of ether oxygens (including phenoxy) is 2. The van der Waals surface area contributed by atoms with E-state index >= 15 is 0 Å². The van der Waals surface area contributed by atoms with Gasteiger partial charge < -0.3 is 15.2 Å². The van der Waals surface area contributed by atoms with E-state index in [9.17, 15) is 0 Å². The Morgan fingerprint density at radius 3 is 2.75 bits per heavy atom. The van der Waals surface area contributed by atoms with Crippen molar-refractivity contribution in [3.05, 3.63) is 35.4 Å². The van der Waals surface area contributed by atoms with Crippen LogP contribution < -0.4 is 5.73 Å². The molecule has 0 heterocycles. The zero-order valence-corrected chi connectivity index (χ0v) is 10.1. The third-order valence-electron chi connectivity index (χ3n) is 2.44. The van der Waals surface area contributed by atoms with Crippen LogP contribution in [0.3, 0.4) is 0 Å². The summed E-state index contributed by atoms with van der Waals surface area (Å²) in [6.45, 7) is 3.99. The highest BCUT2D eigenvalue weighted by Gasteiger charge is 2.09. The fraction of sp³-hybridized carbons (Fsp3) is 0.538. The van der Waals surface area contributed by atoms with Crippen LogP contribution in [0.1, 0.15) is 23.7 Å². The normalized spacial score (nSPS) is 12.7. The van der Waals surface area contributed by atoms with Crippen molar-refractivity contribution < 1.29 is 9.47 Å². The number of benzene rings is 1. The molecule has 1 unspecified atom stereocenters. The van der Waals surface area contributed by atoms with E-state index in [0.717, 1.165) is 18.6 Å². The van der Waals surface area contributed by atoms with Crippen molar-refractivity contribution in [1.82, 2.24) is 0 Å². The molecule has 0 saturated heterocycles. The van der Waals surface area contributed by atoms with Gasteiger partial charge in [0, 0.05) is 26.9 Å². The second-order valence-corrected chi connectivity index (χ2v) is 3.86. The SMILES string of the molecule is COCCCOC(CN)c1cccc(C)c1. The van der Waals surface area contributed by atoms with E-state index < -0.39 is 0 Å². The van der Waals surface area contributed by atoms with Crippen molar-refractivity contribution >= 4 is 0 Å². The molecule has 0 fully saturated rings. The summed E-state index contributed by atoms with van der Waals surface area (Å²) < 4.78 is 10.7. The van der Waals surface area contributed by atoms with Crippen molar-refractivity contribution in [3.8, 4) is 0 Å². The molecule has 1 rings (SSSR count). The van der Waals surface area contributed by atoms with Gasteiger partial charge in [0.05, 0.1) is 6.10 Å². The molecule has 1 atom stereocenters. The summed E-state index contributed by atoms with van der Waals surface area (Å²) in [4.78, 5) is 0. The van der Waals surface area contributed by atoms with Crippen LogP contribution in [0.2, 0.25) is 0 Å². The maximum atomic E-state index is 5.73. The van der Waals surface area contributed by atoms with Gasteiger partial charge in [-0.25, -0.2) is 0 Å². The first-order valence-corrected chi connectivity index (χ1v) is 5.65. The highest BCUT2D eigenvalue weighted by Crippen LogP contribution is 2.17. The van der Waals surface area contributed by atoms with Crippen molar-refractivity contribution in [3.63, 3.8) is 0 Å². The Labute approximate surface area is 97.6 Å². The second-order valence-electron chi connectivity index (χ2n) is 3.86. The fourth-order valence-electron chi connectivity index (χ4n) is 1.60. The molecule has 0 amide bonds. The molecule has 3 heteroatoms. The predicted octanol–water partition coefficient (Wildman–Crippen LogP) is 2.05. The molecule has 1 aromatic rings. The molecule has 3 nitrogen and oxygen atoms in total. The van der Waals surface area contributed by atoms with E-state index in [2.05, 4.69) is 25.1 Å². The molecule has 0 bridgehead atoms. The molecule has 16 heavy (non-hydrogen) atoms. The van der Waals surface area contributed by atoms with Crippen LogP contribution >= 0.6 is 0 Å². The Bertz CT molecular complexity index is 302. The monoisotopic (exact) mass is 223 g/mol. The largest absolute Gasteiger partial charge is 0.385 e. The molecule has 0 aromatic heterocycles. The zero-order chi connectivity index (χ0) is 11.8. The lowest BCUT2D eigenvalue weighted by Gasteiger charge is -2.16. The van der Waals surface area contributed by atoms with Gasteiger partial charge in [-0.2, -0.15) is 0 Å². The van der Waals surface area contributed by atoms with Crippen LogP contribution in [0, 0.1) is 6.92 Å². The van der Waals surface area contributed by atoms with Crippen molar-refractivity contribution in [2.24, 2.45) is 5.73 Å². The summed E-state index contributed by atoms with van der Waals surface area (Å²) in [6, 6.07) is 8.28. The summed E-state index contributed by atoms with van der Waals surface area (Å²) >= 11 is 0. The lowest BCUT2D eigenvalue weighted by atomic mass is 10.1. The van der Waals surface area contributed by atoms with Gasteiger partial charge in [-0.05, 0) is 18.9 Å². The van der Waals surface area contributed by atoms with Gasteiger partial charge in [0.2, 0.25) is 0 Å². The van der Waals surface area contributed by atoms with Crippen LogP contribution in [0.5, 0.6) is 0 Å². The highest BCUT2D eigenvalue weighted by atomic mass is 16.5. The number of hydrogen-bond acceptors (Lipinski definition) is 3. The summed E-state index contributed by atoms with van der Waals surface area (Å²) in [7, 11) is 1.70. The lowest BCUT2D eigenvalue weighted by molar-refractivity contribution is 0.0439. The number of rotatable bonds is 7. The lowest BCUT2D eigenvalue weighted by Crippen LogP contribution is -2.17. The van der Waals surface area contributed by atoms with Gasteiger partial charge in [0.25, 0.3) is 0 Å². The summed E-state index contributed by atoms with van der Waals surface area (Å²) in [5, 5.41) is 0. The van der Waals surface area contributed by atoms with Crippen molar-refractivity contribution in [1.29, 1.82) is 0 Å². The topological polar surface area (TPSA) is 44.5 Å². The highest BCUT2D eigenvalue weighted by molar-refractivity contribution is 5.24. The number of nitrogens with two attached hydrogens (primary N) is 1. The third-order valence-corrected chi connectivity index (χ3v) is 2.44. The Kier molecular flexibility index (Phi) is 6.08. The molecule has 90 valence electrons. The summed E-state index contributed by atoms with van der Waals surface area (Å²) in [5.41, 5.74) is 8.10. The first kappa shape index (κ1) is 13.2. The Morgan fingerprint density at radius 1 is 1.31 bits per heavy atom. The smallest absolute Gasteiger partial charge is 0.0947 e. The summed E-state index contributed by atoms with van der Waals surface area (Å²) in [5.74, 6) is 0. The Morgan fingerprint density at radius 2 is 2.12 bits per heavy atom. The van der Waals surface area contributed by atoms with Crippen LogP contribution in [-0.4, -0.2) is 26.9 Å². The van der Waals surface area contributed by atoms with E-state index in [1.165, 1.54) is 5.56 Å². The van der Waals surface area contributed by atoms with Gasteiger partial charge in [-0.3, -0.25) is 0 Å². The number of methoxy groups -OCH3 is 1. The second kappa shape index (κ2) is 7.39. The number of hydrogen-bond donors (Lipinski definition) is 1. The molecule has 0 aliphatic heterocycles. The molecule has 0 saturated carbocycles. The standard InChI is InChI=1S/C13H21NO2/c1-11-5-3-6-12(9-11)13(10-14)16-8-4-7-15-2/h3,5-6,9,13H,4,7-8,10,14H2,1-2H3. The fourth-order valence-corrected chi connectivity index (χ4v) is 1.60. The van der Waals surface area contributed by atoms with Crippen LogP contribution in [0.4, 0.5) is 0 Å². The van der Waals surface area contributed by atoms with E-state index in [0.29, 0.717) is 13.2 Å². The maximum absolute atomic E-state index is 5.73. The van der Waals surface area contributed by atoms with Gasteiger partial charge in [0.1, 0.15) is 0 Å². The first-order valence-electron chi connectivity index (χ1n) is 5.65. The Balaban J connectivity index is 2.47. The van der Waals surface area contributed by atoms with Crippen LogP contribution in [0.15, 0.2) is 24.3 Å². The average molecular weight is 223 g/mol. The minimum absolute atomic E-state index is 0.00300. The van der Waals surface area contributed by atoms with Gasteiger partial charge in [0.15, 0.2) is 0 Å². The third kappa shape index (κ3) is 4.31. The molecule has 0 aliphatic rings. The van der Waals surface area contributed by atoms with Crippen LogP contribution in [-0.2, 0) is 9.47 Å². The van der Waals surface area contributed by atoms with Crippen molar-refractivity contribution in [2.75, 3.05) is 26.9 Å². The van der Waals surface area contributed by atoms with Crippen LogP contribution in [0.25, 0.3) is 0 Å². The maximum Gasteiger partial charge on any atom is 0.0947 e.